The second-order valence-corrected chi connectivity index (χ2v) is 4.41. The molecular weight excluding hydrogens is 363 g/mol. The van der Waals surface area contributed by atoms with Crippen LogP contribution in [0, 0.1) is 0 Å². The van der Waals surface area contributed by atoms with Crippen LogP contribution in [0.5, 0.6) is 0 Å². The molecule has 0 unspecified atom stereocenters. The Kier molecular flexibility index (Phi) is 6.03. The predicted octanol–water partition coefficient (Wildman–Crippen LogP) is -2.51. The maximum atomic E-state index is 9.08. The first kappa shape index (κ1) is 15.4. The molecule has 0 fully saturated rings. The van der Waals surface area contributed by atoms with Gasteiger partial charge in [0.2, 0.25) is 0 Å². The number of aromatic nitrogens is 4. The molecule has 0 aromatic carbocycles. The normalized spacial score (nSPS) is 10.2. The number of hydrogen-bond donors (Lipinski definition) is 1. The van der Waals surface area contributed by atoms with Gasteiger partial charge in [0.25, 0.3) is 0 Å². The zero-order chi connectivity index (χ0) is 12.3. The average molecular weight is 378 g/mol. The highest BCUT2D eigenvalue weighted by Crippen LogP contribution is 2.21. The molecule has 5 nitrogen and oxygen atoms in total. The Morgan fingerprint density at radius 2 is 2.00 bits per heavy atom. The summed E-state index contributed by atoms with van der Waals surface area (Å²) in [4.78, 5) is 0. The molecule has 0 aliphatic rings. The van der Waals surface area contributed by atoms with Crippen molar-refractivity contribution in [1.29, 1.82) is 0 Å². The molecule has 2 aromatic heterocycles. The maximum Gasteiger partial charge on any atom is 0.191 e. The Morgan fingerprint density at radius 3 is 2.56 bits per heavy atom. The summed E-state index contributed by atoms with van der Waals surface area (Å²) >= 11 is 1.53. The van der Waals surface area contributed by atoms with Crippen molar-refractivity contribution >= 4 is 11.8 Å². The molecule has 1 N–H and O–H groups in total. The molecule has 0 aliphatic carbocycles. The van der Waals surface area contributed by atoms with Gasteiger partial charge in [-0.1, -0.05) is 11.8 Å². The summed E-state index contributed by atoms with van der Waals surface area (Å²) in [6.45, 7) is 0.596. The van der Waals surface area contributed by atoms with Crippen molar-refractivity contribution in [2.24, 2.45) is 7.05 Å². The van der Waals surface area contributed by atoms with E-state index in [0.29, 0.717) is 6.54 Å². The molecule has 0 atom stereocenters. The van der Waals surface area contributed by atoms with Crippen LogP contribution in [-0.2, 0) is 13.6 Å². The van der Waals surface area contributed by atoms with E-state index in [1.807, 2.05) is 47.0 Å². The summed E-state index contributed by atoms with van der Waals surface area (Å²) in [6, 6.07) is 3.98. The van der Waals surface area contributed by atoms with Crippen LogP contribution in [-0.4, -0.2) is 32.7 Å². The van der Waals surface area contributed by atoms with E-state index < -0.39 is 0 Å². The van der Waals surface area contributed by atoms with Gasteiger partial charge in [0.1, 0.15) is 7.05 Å². The van der Waals surface area contributed by atoms with E-state index in [1.54, 1.807) is 0 Å². The van der Waals surface area contributed by atoms with Crippen LogP contribution in [0.4, 0.5) is 0 Å². The van der Waals surface area contributed by atoms with E-state index in [-0.39, 0.29) is 30.6 Å². The van der Waals surface area contributed by atoms with E-state index >= 15 is 0 Å². The monoisotopic (exact) mass is 378 g/mol. The van der Waals surface area contributed by atoms with Crippen molar-refractivity contribution in [3.63, 3.8) is 0 Å². The number of pyridine rings is 1. The topological polar surface area (TPSA) is 54.8 Å². The third-order valence-electron chi connectivity index (χ3n) is 2.46. The molecule has 0 radical (unpaired) electrons. The van der Waals surface area contributed by atoms with E-state index in [0.717, 1.165) is 16.5 Å². The Balaban J connectivity index is 0.00000162. The van der Waals surface area contributed by atoms with E-state index in [4.69, 9.17) is 5.11 Å². The van der Waals surface area contributed by atoms with Crippen LogP contribution in [0.25, 0.3) is 11.4 Å². The third-order valence-corrected chi connectivity index (χ3v) is 3.13. The third kappa shape index (κ3) is 3.21. The lowest BCUT2D eigenvalue weighted by Crippen LogP contribution is -3.00. The quantitative estimate of drug-likeness (QED) is 0.363. The molecule has 0 saturated carbocycles. The first-order chi connectivity index (χ1) is 8.26. The highest BCUT2D eigenvalue weighted by Gasteiger charge is 2.13. The summed E-state index contributed by atoms with van der Waals surface area (Å²) in [5.74, 6) is 0.795. The first-order valence-corrected chi connectivity index (χ1v) is 6.52. The van der Waals surface area contributed by atoms with Crippen LogP contribution in [0.2, 0.25) is 0 Å². The number of halogens is 1. The summed E-state index contributed by atoms with van der Waals surface area (Å²) in [7, 11) is 1.97. The number of thioether (sulfide) groups is 1. The van der Waals surface area contributed by atoms with Gasteiger partial charge >= 0.3 is 0 Å². The number of hydrogen-bond acceptors (Lipinski definition) is 4. The first-order valence-electron chi connectivity index (χ1n) is 5.30. The fourth-order valence-corrected chi connectivity index (χ4v) is 2.13. The lowest BCUT2D eigenvalue weighted by molar-refractivity contribution is -0.671. The largest absolute Gasteiger partial charge is 1.00 e. The van der Waals surface area contributed by atoms with Crippen molar-refractivity contribution in [2.75, 3.05) is 12.9 Å². The number of aryl methyl sites for hydroxylation is 1. The van der Waals surface area contributed by atoms with Gasteiger partial charge in [-0.25, -0.2) is 4.57 Å². The summed E-state index contributed by atoms with van der Waals surface area (Å²) in [5, 5.41) is 18.2. The molecule has 98 valence electrons. The fraction of sp³-hybridized carbons (Fsp3) is 0.364. The van der Waals surface area contributed by atoms with Gasteiger partial charge in [0.15, 0.2) is 23.4 Å². The van der Waals surface area contributed by atoms with Crippen LogP contribution < -0.4 is 28.5 Å². The molecule has 7 heteroatoms. The summed E-state index contributed by atoms with van der Waals surface area (Å²) in [5.41, 5.74) is 1.00. The minimum atomic E-state index is 0. The van der Waals surface area contributed by atoms with Crippen LogP contribution in [0.3, 0.4) is 0 Å². The molecule has 0 aliphatic heterocycles. The van der Waals surface area contributed by atoms with Crippen LogP contribution in [0.15, 0.2) is 29.7 Å². The highest BCUT2D eigenvalue weighted by atomic mass is 127. The predicted molar refractivity (Wildman–Crippen MR) is 65.5 cm³/mol. The van der Waals surface area contributed by atoms with Gasteiger partial charge in [-0.2, -0.15) is 0 Å². The fourth-order valence-electron chi connectivity index (χ4n) is 1.60. The van der Waals surface area contributed by atoms with Gasteiger partial charge in [-0.3, -0.25) is 4.57 Å². The minimum Gasteiger partial charge on any atom is -1.00 e. The number of rotatable bonds is 4. The zero-order valence-electron chi connectivity index (χ0n) is 10.2. The molecule has 0 saturated heterocycles. The average Bonchev–Trinajstić information content (AvgIpc) is 2.74. The van der Waals surface area contributed by atoms with Crippen LogP contribution >= 0.6 is 11.8 Å². The van der Waals surface area contributed by atoms with Crippen molar-refractivity contribution in [3.05, 3.63) is 24.5 Å². The minimum absolute atomic E-state index is 0. The van der Waals surface area contributed by atoms with E-state index in [2.05, 4.69) is 10.2 Å². The Hall–Kier alpha value is -0.670. The molecule has 2 heterocycles. The van der Waals surface area contributed by atoms with Gasteiger partial charge in [0, 0.05) is 24.2 Å². The maximum absolute atomic E-state index is 9.08. The Bertz CT molecular complexity index is 500. The summed E-state index contributed by atoms with van der Waals surface area (Å²) < 4.78 is 3.89. The zero-order valence-corrected chi connectivity index (χ0v) is 13.2. The van der Waals surface area contributed by atoms with Gasteiger partial charge in [0.05, 0.1) is 6.61 Å². The standard InChI is InChI=1S/C11H15N4OS.HI/c1-14-5-3-9(4-6-14)10-12-13-11(17-2)15(10)7-8-16;/h3-6,16H,7-8H2,1-2H3;1H/q+1;/p-1. The lowest BCUT2D eigenvalue weighted by Gasteiger charge is -2.06. The van der Waals surface area contributed by atoms with Crippen molar-refractivity contribution in [3.8, 4) is 11.4 Å². The lowest BCUT2D eigenvalue weighted by atomic mass is 10.2. The molecular formula is C11H15IN4OS. The second-order valence-electron chi connectivity index (χ2n) is 3.64. The molecule has 0 amide bonds. The van der Waals surface area contributed by atoms with Crippen molar-refractivity contribution in [2.45, 2.75) is 11.7 Å². The Morgan fingerprint density at radius 1 is 1.33 bits per heavy atom. The second kappa shape index (κ2) is 7.05. The number of aliphatic hydroxyl groups excluding tert-OH is 1. The van der Waals surface area contributed by atoms with Gasteiger partial charge < -0.3 is 29.1 Å². The molecule has 2 rings (SSSR count). The van der Waals surface area contributed by atoms with Crippen molar-refractivity contribution in [1.82, 2.24) is 14.8 Å². The number of aliphatic hydroxyl groups is 1. The molecule has 0 spiro atoms. The molecule has 0 bridgehead atoms. The molecule has 18 heavy (non-hydrogen) atoms. The number of nitrogens with zero attached hydrogens (tertiary/aromatic N) is 4. The van der Waals surface area contributed by atoms with Crippen LogP contribution in [0.1, 0.15) is 0 Å². The van der Waals surface area contributed by atoms with E-state index in [1.165, 1.54) is 11.8 Å². The SMILES string of the molecule is CSc1nnc(-c2cc[n+](C)cc2)n1CCO.[I-]. The molecule has 2 aromatic rings. The van der Waals surface area contributed by atoms with Crippen molar-refractivity contribution < 1.29 is 33.7 Å². The van der Waals surface area contributed by atoms with E-state index in [9.17, 15) is 0 Å². The van der Waals surface area contributed by atoms with Gasteiger partial charge in [-0.05, 0) is 6.26 Å². The Labute approximate surface area is 127 Å². The highest BCUT2D eigenvalue weighted by molar-refractivity contribution is 7.98. The van der Waals surface area contributed by atoms with Gasteiger partial charge in [-0.15, -0.1) is 10.2 Å². The summed E-state index contributed by atoms with van der Waals surface area (Å²) in [6.07, 6.45) is 5.88. The smallest absolute Gasteiger partial charge is 0.191 e.